The highest BCUT2D eigenvalue weighted by molar-refractivity contribution is 6.32. The van der Waals surface area contributed by atoms with E-state index in [1.807, 2.05) is 20.8 Å². The van der Waals surface area contributed by atoms with Gasteiger partial charge in [0.15, 0.2) is 11.5 Å². The van der Waals surface area contributed by atoms with Crippen LogP contribution in [-0.2, 0) is 4.79 Å². The molecule has 2 N–H and O–H groups in total. The highest BCUT2D eigenvalue weighted by Gasteiger charge is 2.17. The zero-order valence-corrected chi connectivity index (χ0v) is 15.6. The van der Waals surface area contributed by atoms with Gasteiger partial charge in [-0.15, -0.1) is 0 Å². The third-order valence-corrected chi connectivity index (χ3v) is 4.24. The molecule has 136 valence electrons. The quantitative estimate of drug-likeness (QED) is 0.621. The molecule has 7 heteroatoms. The fraction of sp³-hybridized carbons (Fsp3) is 0.263. The lowest BCUT2D eigenvalue weighted by atomic mass is 10.1. The lowest BCUT2D eigenvalue weighted by Crippen LogP contribution is -2.26. The molecule has 0 unspecified atom stereocenters. The highest BCUT2D eigenvalue weighted by atomic mass is 35.5. The second-order valence-corrected chi connectivity index (χ2v) is 6.56. The Morgan fingerprint density at radius 3 is 2.65 bits per heavy atom. The van der Waals surface area contributed by atoms with E-state index in [9.17, 15) is 4.79 Å². The molecule has 0 spiro atoms. The van der Waals surface area contributed by atoms with Crippen LogP contribution in [0, 0.1) is 20.8 Å². The Morgan fingerprint density at radius 2 is 1.92 bits per heavy atom. The van der Waals surface area contributed by atoms with Crippen LogP contribution in [0.2, 0.25) is 5.02 Å². The largest absolute Gasteiger partial charge is 0.454 e. The fourth-order valence-corrected chi connectivity index (χ4v) is 3.18. The van der Waals surface area contributed by atoms with Gasteiger partial charge in [-0.05, 0) is 49.6 Å². The molecule has 0 saturated heterocycles. The number of hydrazone groups is 1. The van der Waals surface area contributed by atoms with E-state index in [-0.39, 0.29) is 19.2 Å². The Hall–Kier alpha value is -2.73. The molecule has 0 atom stereocenters. The summed E-state index contributed by atoms with van der Waals surface area (Å²) in [5.74, 6) is 0.852. The second-order valence-electron chi connectivity index (χ2n) is 6.16. The Bertz CT molecular complexity index is 858. The molecule has 1 heterocycles. The number of halogens is 1. The highest BCUT2D eigenvalue weighted by Crippen LogP contribution is 2.39. The van der Waals surface area contributed by atoms with Crippen molar-refractivity contribution in [1.29, 1.82) is 0 Å². The standard InChI is InChI=1S/C19H20ClN3O3/c1-11-4-12(2)18(13(3)5-11)21-9-17(24)23-22-8-14-6-15(20)19-16(7-14)25-10-26-19/h4-8,21H,9-10H2,1-3H3,(H,23,24)/b22-8-. The SMILES string of the molecule is Cc1cc(C)c(NCC(=O)N/N=C\c2cc(Cl)c3c(c2)OCO3)c(C)c1. The molecule has 0 saturated carbocycles. The van der Waals surface area contributed by atoms with Crippen molar-refractivity contribution in [2.24, 2.45) is 5.10 Å². The van der Waals surface area contributed by atoms with Crippen molar-refractivity contribution in [3.63, 3.8) is 0 Å². The average Bonchev–Trinajstić information content (AvgIpc) is 3.03. The van der Waals surface area contributed by atoms with Gasteiger partial charge in [-0.25, -0.2) is 5.43 Å². The van der Waals surface area contributed by atoms with Crippen LogP contribution in [0.4, 0.5) is 5.69 Å². The fourth-order valence-electron chi connectivity index (χ4n) is 2.91. The predicted octanol–water partition coefficient (Wildman–Crippen LogP) is 3.56. The summed E-state index contributed by atoms with van der Waals surface area (Å²) < 4.78 is 10.6. The Kier molecular flexibility index (Phi) is 5.32. The summed E-state index contributed by atoms with van der Waals surface area (Å²) in [4.78, 5) is 12.0. The van der Waals surface area contributed by atoms with E-state index in [2.05, 4.69) is 28.0 Å². The number of nitrogens with one attached hydrogen (secondary N) is 2. The van der Waals surface area contributed by atoms with Gasteiger partial charge < -0.3 is 14.8 Å². The number of anilines is 1. The number of ether oxygens (including phenoxy) is 2. The van der Waals surface area contributed by atoms with Crippen LogP contribution < -0.4 is 20.2 Å². The maximum absolute atomic E-state index is 12.0. The van der Waals surface area contributed by atoms with Gasteiger partial charge in [0.1, 0.15) is 0 Å². The maximum Gasteiger partial charge on any atom is 0.259 e. The van der Waals surface area contributed by atoms with Crippen molar-refractivity contribution in [3.8, 4) is 11.5 Å². The molecule has 6 nitrogen and oxygen atoms in total. The summed E-state index contributed by atoms with van der Waals surface area (Å²) in [6, 6.07) is 7.60. The number of hydrogen-bond donors (Lipinski definition) is 2. The summed E-state index contributed by atoms with van der Waals surface area (Å²) in [7, 11) is 0. The second kappa shape index (κ2) is 7.66. The molecule has 0 bridgehead atoms. The van der Waals surface area contributed by atoms with E-state index in [1.54, 1.807) is 12.1 Å². The number of carbonyl (C=O) groups is 1. The number of amides is 1. The first kappa shape index (κ1) is 18.1. The number of hydrogen-bond acceptors (Lipinski definition) is 5. The molecule has 2 aromatic rings. The van der Waals surface area contributed by atoms with Gasteiger partial charge in [-0.2, -0.15) is 5.10 Å². The maximum atomic E-state index is 12.0. The minimum absolute atomic E-state index is 0.129. The monoisotopic (exact) mass is 373 g/mol. The minimum atomic E-state index is -0.243. The normalized spacial score (nSPS) is 12.5. The molecule has 26 heavy (non-hydrogen) atoms. The van der Waals surface area contributed by atoms with E-state index < -0.39 is 0 Å². The molecular weight excluding hydrogens is 354 g/mol. The summed E-state index contributed by atoms with van der Waals surface area (Å²) in [5, 5.41) is 7.56. The van der Waals surface area contributed by atoms with E-state index in [0.29, 0.717) is 22.1 Å². The van der Waals surface area contributed by atoms with Crippen LogP contribution in [0.5, 0.6) is 11.5 Å². The van der Waals surface area contributed by atoms with Crippen LogP contribution in [0.3, 0.4) is 0 Å². The lowest BCUT2D eigenvalue weighted by molar-refractivity contribution is -0.119. The Morgan fingerprint density at radius 1 is 1.19 bits per heavy atom. The number of fused-ring (bicyclic) bond motifs is 1. The van der Waals surface area contributed by atoms with Crippen LogP contribution in [0.25, 0.3) is 0 Å². The molecule has 0 aliphatic carbocycles. The summed E-state index contributed by atoms with van der Waals surface area (Å²) in [6.07, 6.45) is 1.51. The number of carbonyl (C=O) groups excluding carboxylic acids is 1. The zero-order valence-electron chi connectivity index (χ0n) is 14.9. The van der Waals surface area contributed by atoms with Crippen LogP contribution in [0.1, 0.15) is 22.3 Å². The lowest BCUT2D eigenvalue weighted by Gasteiger charge is -2.13. The third kappa shape index (κ3) is 4.08. The first-order valence-corrected chi connectivity index (χ1v) is 8.54. The van der Waals surface area contributed by atoms with Crippen molar-refractivity contribution in [3.05, 3.63) is 51.5 Å². The van der Waals surface area contributed by atoms with Crippen molar-refractivity contribution >= 4 is 29.4 Å². The van der Waals surface area contributed by atoms with Crippen LogP contribution >= 0.6 is 11.6 Å². The molecule has 1 aliphatic rings. The van der Waals surface area contributed by atoms with Gasteiger partial charge in [0.05, 0.1) is 17.8 Å². The molecule has 1 aliphatic heterocycles. The first-order valence-electron chi connectivity index (χ1n) is 8.17. The van der Waals surface area contributed by atoms with Crippen molar-refractivity contribution in [1.82, 2.24) is 5.43 Å². The van der Waals surface area contributed by atoms with Gasteiger partial charge >= 0.3 is 0 Å². The van der Waals surface area contributed by atoms with Crippen LogP contribution in [0.15, 0.2) is 29.4 Å². The van der Waals surface area contributed by atoms with E-state index in [4.69, 9.17) is 21.1 Å². The van der Waals surface area contributed by atoms with E-state index in [1.165, 1.54) is 11.8 Å². The van der Waals surface area contributed by atoms with Gasteiger partial charge in [0.25, 0.3) is 5.91 Å². The molecule has 0 aromatic heterocycles. The molecule has 1 amide bonds. The average molecular weight is 374 g/mol. The van der Waals surface area contributed by atoms with Crippen molar-refractivity contribution in [2.75, 3.05) is 18.7 Å². The third-order valence-electron chi connectivity index (χ3n) is 3.96. The smallest absolute Gasteiger partial charge is 0.259 e. The zero-order chi connectivity index (χ0) is 18.7. The Labute approximate surface area is 157 Å². The number of benzene rings is 2. The van der Waals surface area contributed by atoms with Gasteiger partial charge in [0.2, 0.25) is 6.79 Å². The van der Waals surface area contributed by atoms with Gasteiger partial charge in [-0.3, -0.25) is 4.79 Å². The van der Waals surface area contributed by atoms with E-state index >= 15 is 0 Å². The molecular formula is C19H20ClN3O3. The summed E-state index contributed by atoms with van der Waals surface area (Å²) >= 11 is 6.11. The first-order chi connectivity index (χ1) is 12.4. The molecule has 3 rings (SSSR count). The predicted molar refractivity (Wildman–Crippen MR) is 102 cm³/mol. The minimum Gasteiger partial charge on any atom is -0.454 e. The summed E-state index contributed by atoms with van der Waals surface area (Å²) in [6.45, 7) is 6.36. The Balaban J connectivity index is 1.56. The summed E-state index contributed by atoms with van der Waals surface area (Å²) in [5.41, 5.74) is 7.57. The molecule has 2 aromatic carbocycles. The van der Waals surface area contributed by atoms with E-state index in [0.717, 1.165) is 16.8 Å². The van der Waals surface area contributed by atoms with Gasteiger partial charge in [0, 0.05) is 5.69 Å². The molecule has 0 fully saturated rings. The van der Waals surface area contributed by atoms with Crippen molar-refractivity contribution < 1.29 is 14.3 Å². The topological polar surface area (TPSA) is 72.0 Å². The molecule has 0 radical (unpaired) electrons. The van der Waals surface area contributed by atoms with Crippen molar-refractivity contribution in [2.45, 2.75) is 20.8 Å². The van der Waals surface area contributed by atoms with Crippen LogP contribution in [-0.4, -0.2) is 25.5 Å². The number of rotatable bonds is 5. The van der Waals surface area contributed by atoms with Gasteiger partial charge in [-0.1, -0.05) is 29.3 Å². The number of nitrogens with zero attached hydrogens (tertiary/aromatic N) is 1. The number of aryl methyl sites for hydroxylation is 3.